The van der Waals surface area contributed by atoms with Gasteiger partial charge in [-0.05, 0) is 12.0 Å². The predicted octanol–water partition coefficient (Wildman–Crippen LogP) is 1.01. The Labute approximate surface area is 77.3 Å². The van der Waals surface area contributed by atoms with Crippen LogP contribution < -0.4 is 5.48 Å². The van der Waals surface area contributed by atoms with E-state index in [9.17, 15) is 5.11 Å². The first-order chi connectivity index (χ1) is 6.36. The van der Waals surface area contributed by atoms with Gasteiger partial charge in [0.25, 0.3) is 0 Å². The standard InChI is InChI=1S/C10H13NO2/c12-9-6-10(11-13-7-9)8-4-2-1-3-5-8/h1-5,9-12H,6-7H2. The summed E-state index contributed by atoms with van der Waals surface area (Å²) in [5, 5.41) is 9.38. The predicted molar refractivity (Wildman–Crippen MR) is 48.9 cm³/mol. The van der Waals surface area contributed by atoms with E-state index in [2.05, 4.69) is 5.48 Å². The average Bonchev–Trinajstić information content (AvgIpc) is 2.19. The van der Waals surface area contributed by atoms with Crippen molar-refractivity contribution < 1.29 is 9.94 Å². The number of rotatable bonds is 1. The van der Waals surface area contributed by atoms with Gasteiger partial charge >= 0.3 is 0 Å². The van der Waals surface area contributed by atoms with E-state index in [1.807, 2.05) is 30.3 Å². The van der Waals surface area contributed by atoms with Gasteiger partial charge in [0.1, 0.15) is 0 Å². The average molecular weight is 179 g/mol. The van der Waals surface area contributed by atoms with Crippen molar-refractivity contribution in [1.82, 2.24) is 5.48 Å². The Morgan fingerprint density at radius 2 is 2.08 bits per heavy atom. The van der Waals surface area contributed by atoms with E-state index in [0.29, 0.717) is 13.0 Å². The molecule has 13 heavy (non-hydrogen) atoms. The summed E-state index contributed by atoms with van der Waals surface area (Å²) in [6.07, 6.45) is 0.357. The smallest absolute Gasteiger partial charge is 0.0942 e. The molecule has 2 atom stereocenters. The van der Waals surface area contributed by atoms with Crippen molar-refractivity contribution in [3.05, 3.63) is 35.9 Å². The lowest BCUT2D eigenvalue weighted by Gasteiger charge is -2.27. The van der Waals surface area contributed by atoms with Crippen LogP contribution in [0.3, 0.4) is 0 Å². The summed E-state index contributed by atoms with van der Waals surface area (Å²) in [6, 6.07) is 10.1. The Kier molecular flexibility index (Phi) is 2.59. The van der Waals surface area contributed by atoms with Crippen molar-refractivity contribution in [2.45, 2.75) is 18.6 Å². The molecule has 0 aromatic heterocycles. The van der Waals surface area contributed by atoms with Crippen LogP contribution in [0.4, 0.5) is 0 Å². The summed E-state index contributed by atoms with van der Waals surface area (Å²) >= 11 is 0. The van der Waals surface area contributed by atoms with Crippen LogP contribution in [-0.4, -0.2) is 17.8 Å². The molecule has 0 bridgehead atoms. The summed E-state index contributed by atoms with van der Waals surface area (Å²) in [4.78, 5) is 5.05. The van der Waals surface area contributed by atoms with Gasteiger partial charge in [0.15, 0.2) is 0 Å². The van der Waals surface area contributed by atoms with Gasteiger partial charge in [0, 0.05) is 0 Å². The number of aliphatic hydroxyl groups is 1. The highest BCUT2D eigenvalue weighted by Crippen LogP contribution is 2.21. The molecule has 0 spiro atoms. The lowest BCUT2D eigenvalue weighted by Crippen LogP contribution is -2.36. The molecule has 2 N–H and O–H groups in total. The molecule has 0 aliphatic carbocycles. The third kappa shape index (κ3) is 2.06. The molecule has 0 radical (unpaired) electrons. The molecule has 0 saturated carbocycles. The van der Waals surface area contributed by atoms with Gasteiger partial charge in [-0.3, -0.25) is 4.84 Å². The molecular formula is C10H13NO2. The van der Waals surface area contributed by atoms with E-state index in [1.165, 1.54) is 0 Å². The molecular weight excluding hydrogens is 166 g/mol. The minimum atomic E-state index is -0.355. The zero-order chi connectivity index (χ0) is 9.10. The SMILES string of the molecule is OC1CONC(c2ccccc2)C1. The second-order valence-electron chi connectivity index (χ2n) is 3.28. The highest BCUT2D eigenvalue weighted by Gasteiger charge is 2.21. The largest absolute Gasteiger partial charge is 0.391 e. The molecule has 1 saturated heterocycles. The number of hydrogen-bond donors (Lipinski definition) is 2. The van der Waals surface area contributed by atoms with E-state index >= 15 is 0 Å². The van der Waals surface area contributed by atoms with Crippen molar-refractivity contribution >= 4 is 0 Å². The van der Waals surface area contributed by atoms with E-state index in [-0.39, 0.29) is 12.1 Å². The lowest BCUT2D eigenvalue weighted by molar-refractivity contribution is -0.0840. The Morgan fingerprint density at radius 3 is 2.77 bits per heavy atom. The second-order valence-corrected chi connectivity index (χ2v) is 3.28. The highest BCUT2D eigenvalue weighted by molar-refractivity contribution is 5.18. The molecule has 3 nitrogen and oxygen atoms in total. The van der Waals surface area contributed by atoms with Crippen molar-refractivity contribution in [3.8, 4) is 0 Å². The van der Waals surface area contributed by atoms with E-state index in [4.69, 9.17) is 4.84 Å². The van der Waals surface area contributed by atoms with Crippen molar-refractivity contribution in [3.63, 3.8) is 0 Å². The van der Waals surface area contributed by atoms with Gasteiger partial charge in [-0.25, -0.2) is 0 Å². The second kappa shape index (κ2) is 3.87. The fraction of sp³-hybridized carbons (Fsp3) is 0.400. The molecule has 1 aliphatic heterocycles. The maximum atomic E-state index is 9.38. The van der Waals surface area contributed by atoms with Crippen LogP contribution in [0, 0.1) is 0 Å². The maximum absolute atomic E-state index is 9.38. The van der Waals surface area contributed by atoms with Gasteiger partial charge in [0.05, 0.1) is 18.8 Å². The lowest BCUT2D eigenvalue weighted by atomic mass is 10.0. The molecule has 3 heteroatoms. The van der Waals surface area contributed by atoms with Crippen LogP contribution >= 0.6 is 0 Å². The molecule has 1 aromatic rings. The van der Waals surface area contributed by atoms with Gasteiger partial charge in [-0.1, -0.05) is 30.3 Å². The number of hydrogen-bond acceptors (Lipinski definition) is 3. The monoisotopic (exact) mass is 179 g/mol. The molecule has 1 heterocycles. The maximum Gasteiger partial charge on any atom is 0.0942 e. The molecule has 2 rings (SSSR count). The first-order valence-electron chi connectivity index (χ1n) is 4.46. The van der Waals surface area contributed by atoms with Crippen LogP contribution in [0.25, 0.3) is 0 Å². The Bertz CT molecular complexity index is 263. The Hall–Kier alpha value is -0.900. The van der Waals surface area contributed by atoms with Crippen molar-refractivity contribution in [2.24, 2.45) is 0 Å². The third-order valence-corrected chi connectivity index (χ3v) is 2.21. The fourth-order valence-electron chi connectivity index (χ4n) is 1.52. The summed E-state index contributed by atoms with van der Waals surface area (Å²) in [5.74, 6) is 0. The first-order valence-corrected chi connectivity index (χ1v) is 4.46. The number of aliphatic hydroxyl groups excluding tert-OH is 1. The van der Waals surface area contributed by atoms with Gasteiger partial charge in [-0.2, -0.15) is 5.48 Å². The molecule has 70 valence electrons. The van der Waals surface area contributed by atoms with E-state index in [0.717, 1.165) is 5.56 Å². The van der Waals surface area contributed by atoms with Gasteiger partial charge in [-0.15, -0.1) is 0 Å². The summed E-state index contributed by atoms with van der Waals surface area (Å²) in [7, 11) is 0. The minimum absolute atomic E-state index is 0.116. The van der Waals surface area contributed by atoms with Gasteiger partial charge < -0.3 is 5.11 Å². The van der Waals surface area contributed by atoms with Crippen LogP contribution in [0.2, 0.25) is 0 Å². The summed E-state index contributed by atoms with van der Waals surface area (Å²) in [6.45, 7) is 0.378. The number of hydroxylamine groups is 1. The fourth-order valence-corrected chi connectivity index (χ4v) is 1.52. The Balaban J connectivity index is 2.08. The van der Waals surface area contributed by atoms with Crippen LogP contribution in [0.1, 0.15) is 18.0 Å². The molecule has 1 aliphatic rings. The highest BCUT2D eigenvalue weighted by atomic mass is 16.7. The number of nitrogens with one attached hydrogen (secondary N) is 1. The quantitative estimate of drug-likeness (QED) is 0.676. The first kappa shape index (κ1) is 8.69. The molecule has 0 amide bonds. The zero-order valence-electron chi connectivity index (χ0n) is 7.31. The van der Waals surface area contributed by atoms with E-state index < -0.39 is 0 Å². The van der Waals surface area contributed by atoms with Crippen LogP contribution in [-0.2, 0) is 4.84 Å². The molecule has 1 fully saturated rings. The summed E-state index contributed by atoms with van der Waals surface area (Å²) in [5.41, 5.74) is 4.06. The Morgan fingerprint density at radius 1 is 1.31 bits per heavy atom. The minimum Gasteiger partial charge on any atom is -0.391 e. The van der Waals surface area contributed by atoms with E-state index in [1.54, 1.807) is 0 Å². The summed E-state index contributed by atoms with van der Waals surface area (Å²) < 4.78 is 0. The van der Waals surface area contributed by atoms with Gasteiger partial charge in [0.2, 0.25) is 0 Å². The normalized spacial score (nSPS) is 28.7. The number of benzene rings is 1. The molecule has 1 aromatic carbocycles. The topological polar surface area (TPSA) is 41.5 Å². The van der Waals surface area contributed by atoms with Crippen LogP contribution in [0.5, 0.6) is 0 Å². The zero-order valence-corrected chi connectivity index (χ0v) is 7.31. The van der Waals surface area contributed by atoms with Crippen molar-refractivity contribution in [2.75, 3.05) is 6.61 Å². The van der Waals surface area contributed by atoms with Crippen LogP contribution in [0.15, 0.2) is 30.3 Å². The van der Waals surface area contributed by atoms with Crippen molar-refractivity contribution in [1.29, 1.82) is 0 Å². The third-order valence-electron chi connectivity index (χ3n) is 2.21. The molecule has 2 unspecified atom stereocenters.